The molecule has 1 aliphatic heterocycles. The Hall–Kier alpha value is -1.71. The van der Waals surface area contributed by atoms with Crippen molar-refractivity contribution in [2.24, 2.45) is 0 Å². The van der Waals surface area contributed by atoms with Crippen LogP contribution >= 0.6 is 0 Å². The summed E-state index contributed by atoms with van der Waals surface area (Å²) in [5.74, 6) is 0.119. The average Bonchev–Trinajstić information content (AvgIpc) is 2.43. The molecule has 0 saturated heterocycles. The fourth-order valence-corrected chi connectivity index (χ4v) is 2.35. The first kappa shape index (κ1) is 13.7. The standard InChI is InChI=1S/C15H21NO3/c1-3-11-5-6-14-13(9-11)16(8-7-15(17)18)10-12(4-2)19-14/h5-6,9,12H,3-4,7-8,10H2,1-2H3,(H,17,18). The van der Waals surface area contributed by atoms with E-state index in [1.165, 1.54) is 5.56 Å². The Morgan fingerprint density at radius 1 is 1.47 bits per heavy atom. The van der Waals surface area contributed by atoms with Crippen molar-refractivity contribution in [2.75, 3.05) is 18.0 Å². The molecule has 0 radical (unpaired) electrons. The average molecular weight is 263 g/mol. The Bertz CT molecular complexity index is 459. The summed E-state index contributed by atoms with van der Waals surface area (Å²) in [5, 5.41) is 8.86. The molecule has 4 nitrogen and oxygen atoms in total. The zero-order valence-electron chi connectivity index (χ0n) is 11.6. The molecule has 1 N–H and O–H groups in total. The van der Waals surface area contributed by atoms with Crippen molar-refractivity contribution < 1.29 is 14.6 Å². The van der Waals surface area contributed by atoms with Gasteiger partial charge in [-0.3, -0.25) is 4.79 Å². The summed E-state index contributed by atoms with van der Waals surface area (Å²) >= 11 is 0. The third kappa shape index (κ3) is 3.19. The summed E-state index contributed by atoms with van der Waals surface area (Å²) in [6.07, 6.45) is 2.20. The number of benzene rings is 1. The molecule has 0 amide bonds. The molecule has 0 bridgehead atoms. The molecule has 2 rings (SSSR count). The molecule has 0 spiro atoms. The Morgan fingerprint density at radius 3 is 2.89 bits per heavy atom. The van der Waals surface area contributed by atoms with E-state index in [9.17, 15) is 4.79 Å². The summed E-state index contributed by atoms with van der Waals surface area (Å²) in [4.78, 5) is 12.9. The fourth-order valence-electron chi connectivity index (χ4n) is 2.35. The van der Waals surface area contributed by atoms with Gasteiger partial charge in [0.2, 0.25) is 0 Å². The summed E-state index contributed by atoms with van der Waals surface area (Å²) in [6, 6.07) is 6.19. The number of rotatable bonds is 5. The van der Waals surface area contributed by atoms with Crippen LogP contribution in [-0.4, -0.2) is 30.3 Å². The van der Waals surface area contributed by atoms with Crippen LogP contribution in [0.25, 0.3) is 0 Å². The van der Waals surface area contributed by atoms with Crippen molar-refractivity contribution in [3.8, 4) is 5.75 Å². The quantitative estimate of drug-likeness (QED) is 0.887. The lowest BCUT2D eigenvalue weighted by atomic mass is 10.1. The summed E-state index contributed by atoms with van der Waals surface area (Å²) in [5.41, 5.74) is 2.28. The first-order valence-electron chi connectivity index (χ1n) is 6.90. The topological polar surface area (TPSA) is 49.8 Å². The molecule has 0 aromatic heterocycles. The molecule has 1 aliphatic rings. The number of carboxylic acid groups (broad SMARTS) is 1. The van der Waals surface area contributed by atoms with Gasteiger partial charge in [-0.15, -0.1) is 0 Å². The summed E-state index contributed by atoms with van der Waals surface area (Å²) in [6.45, 7) is 5.51. The van der Waals surface area contributed by atoms with Crippen LogP contribution in [0.5, 0.6) is 5.75 Å². The molecule has 0 saturated carbocycles. The molecule has 0 aliphatic carbocycles. The Labute approximate surface area is 114 Å². The van der Waals surface area contributed by atoms with Crippen LogP contribution in [0.4, 0.5) is 5.69 Å². The third-order valence-electron chi connectivity index (χ3n) is 3.54. The van der Waals surface area contributed by atoms with Crippen molar-refractivity contribution in [1.29, 1.82) is 0 Å². The number of fused-ring (bicyclic) bond motifs is 1. The molecule has 1 atom stereocenters. The largest absolute Gasteiger partial charge is 0.486 e. The van der Waals surface area contributed by atoms with Crippen LogP contribution in [0, 0.1) is 0 Å². The van der Waals surface area contributed by atoms with Crippen molar-refractivity contribution >= 4 is 11.7 Å². The van der Waals surface area contributed by atoms with Gasteiger partial charge >= 0.3 is 5.97 Å². The molecule has 1 heterocycles. The Kier molecular flexibility index (Phi) is 4.30. The van der Waals surface area contributed by atoms with Gasteiger partial charge in [0.15, 0.2) is 0 Å². The lowest BCUT2D eigenvalue weighted by Gasteiger charge is -2.36. The monoisotopic (exact) mass is 263 g/mol. The maximum absolute atomic E-state index is 10.8. The highest BCUT2D eigenvalue weighted by atomic mass is 16.5. The van der Waals surface area contributed by atoms with Crippen molar-refractivity contribution in [1.82, 2.24) is 0 Å². The molecule has 1 aromatic carbocycles. The lowest BCUT2D eigenvalue weighted by Crippen LogP contribution is -2.40. The maximum Gasteiger partial charge on any atom is 0.305 e. The molecule has 4 heteroatoms. The van der Waals surface area contributed by atoms with E-state index in [0.717, 1.165) is 30.8 Å². The van der Waals surface area contributed by atoms with Crippen LogP contribution < -0.4 is 9.64 Å². The molecule has 1 unspecified atom stereocenters. The Morgan fingerprint density at radius 2 is 2.26 bits per heavy atom. The minimum atomic E-state index is -0.757. The highest BCUT2D eigenvalue weighted by molar-refractivity contribution is 5.69. The molecule has 1 aromatic rings. The minimum absolute atomic E-state index is 0.147. The van der Waals surface area contributed by atoms with Crippen LogP contribution in [0.1, 0.15) is 32.3 Å². The predicted molar refractivity (Wildman–Crippen MR) is 75.0 cm³/mol. The van der Waals surface area contributed by atoms with Gasteiger partial charge in [-0.05, 0) is 30.5 Å². The number of hydrogen-bond donors (Lipinski definition) is 1. The fraction of sp³-hybridized carbons (Fsp3) is 0.533. The maximum atomic E-state index is 10.8. The lowest BCUT2D eigenvalue weighted by molar-refractivity contribution is -0.136. The first-order chi connectivity index (χ1) is 9.13. The van der Waals surface area contributed by atoms with E-state index >= 15 is 0 Å². The van der Waals surface area contributed by atoms with E-state index in [-0.39, 0.29) is 12.5 Å². The van der Waals surface area contributed by atoms with Gasteiger partial charge in [-0.25, -0.2) is 0 Å². The summed E-state index contributed by atoms with van der Waals surface area (Å²) in [7, 11) is 0. The van der Waals surface area contributed by atoms with E-state index in [2.05, 4.69) is 30.9 Å². The van der Waals surface area contributed by atoms with Crippen LogP contribution in [0.3, 0.4) is 0 Å². The molecular formula is C15H21NO3. The van der Waals surface area contributed by atoms with E-state index < -0.39 is 5.97 Å². The summed E-state index contributed by atoms with van der Waals surface area (Å²) < 4.78 is 5.93. The number of ether oxygens (including phenoxy) is 1. The van der Waals surface area contributed by atoms with Gasteiger partial charge < -0.3 is 14.7 Å². The SMILES string of the molecule is CCc1ccc2c(c1)N(CCC(=O)O)CC(CC)O2. The first-order valence-corrected chi connectivity index (χ1v) is 6.90. The normalized spacial score (nSPS) is 17.8. The van der Waals surface area contributed by atoms with Crippen LogP contribution in [0.2, 0.25) is 0 Å². The number of nitrogens with zero attached hydrogens (tertiary/aromatic N) is 1. The van der Waals surface area contributed by atoms with Gasteiger partial charge in [-0.2, -0.15) is 0 Å². The number of anilines is 1. The molecule has 0 fully saturated rings. The number of hydrogen-bond acceptors (Lipinski definition) is 3. The number of aryl methyl sites for hydroxylation is 1. The second-order valence-electron chi connectivity index (χ2n) is 4.89. The second kappa shape index (κ2) is 5.95. The second-order valence-corrected chi connectivity index (χ2v) is 4.89. The van der Waals surface area contributed by atoms with E-state index in [1.54, 1.807) is 0 Å². The zero-order chi connectivity index (χ0) is 13.8. The van der Waals surface area contributed by atoms with Gasteiger partial charge in [0, 0.05) is 6.54 Å². The van der Waals surface area contributed by atoms with E-state index in [1.807, 2.05) is 6.07 Å². The smallest absolute Gasteiger partial charge is 0.305 e. The van der Waals surface area contributed by atoms with Crippen LogP contribution in [0.15, 0.2) is 18.2 Å². The highest BCUT2D eigenvalue weighted by Crippen LogP contribution is 2.35. The van der Waals surface area contributed by atoms with Crippen molar-refractivity contribution in [3.05, 3.63) is 23.8 Å². The molecule has 104 valence electrons. The molecule has 19 heavy (non-hydrogen) atoms. The predicted octanol–water partition coefficient (Wildman–Crippen LogP) is 2.70. The van der Waals surface area contributed by atoms with Gasteiger partial charge in [0.1, 0.15) is 11.9 Å². The Balaban J connectivity index is 2.25. The third-order valence-corrected chi connectivity index (χ3v) is 3.54. The van der Waals surface area contributed by atoms with Crippen molar-refractivity contribution in [2.45, 2.75) is 39.2 Å². The zero-order valence-corrected chi connectivity index (χ0v) is 11.6. The minimum Gasteiger partial charge on any atom is -0.486 e. The highest BCUT2D eigenvalue weighted by Gasteiger charge is 2.24. The van der Waals surface area contributed by atoms with Crippen LogP contribution in [-0.2, 0) is 11.2 Å². The number of aliphatic carboxylic acids is 1. The van der Waals surface area contributed by atoms with E-state index in [4.69, 9.17) is 9.84 Å². The van der Waals surface area contributed by atoms with E-state index in [0.29, 0.717) is 6.54 Å². The number of carboxylic acids is 1. The number of carbonyl (C=O) groups is 1. The van der Waals surface area contributed by atoms with Crippen molar-refractivity contribution in [3.63, 3.8) is 0 Å². The van der Waals surface area contributed by atoms with Gasteiger partial charge in [0.05, 0.1) is 18.7 Å². The van der Waals surface area contributed by atoms with Gasteiger partial charge in [-0.1, -0.05) is 19.9 Å². The van der Waals surface area contributed by atoms with Gasteiger partial charge in [0.25, 0.3) is 0 Å². The molecular weight excluding hydrogens is 242 g/mol.